The number of carbonyl (C=O) groups is 3. The number of carbonyl (C=O) groups excluding carboxylic acids is 3. The third-order valence-corrected chi connectivity index (χ3v) is 9.29. The molecule has 0 spiro atoms. The number of nitrogens with zero attached hydrogens (tertiary/aromatic N) is 1. The Hall–Kier alpha value is -5.02. The molecule has 0 unspecified atom stereocenters. The second-order valence-electron chi connectivity index (χ2n) is 12.5. The first kappa shape index (κ1) is 32.9. The van der Waals surface area contributed by atoms with E-state index < -0.39 is 36.2 Å². The van der Waals surface area contributed by atoms with Crippen molar-refractivity contribution in [1.82, 2.24) is 15.5 Å². The van der Waals surface area contributed by atoms with E-state index in [1.165, 1.54) is 12.7 Å². The minimum Gasteiger partial charge on any atom is -0.467 e. The number of esters is 1. The normalized spacial score (nSPS) is 15.9. The van der Waals surface area contributed by atoms with Gasteiger partial charge in [0.05, 0.1) is 13.2 Å². The van der Waals surface area contributed by atoms with Crippen molar-refractivity contribution in [3.05, 3.63) is 119 Å². The smallest absolute Gasteiger partial charge is 0.407 e. The van der Waals surface area contributed by atoms with E-state index in [1.807, 2.05) is 60.7 Å². The molecule has 0 aromatic heterocycles. The molecule has 4 aromatic rings. The summed E-state index contributed by atoms with van der Waals surface area (Å²) < 4.78 is 24.0. The minimum absolute atomic E-state index is 0.109. The monoisotopic (exact) mass is 649 g/mol. The molecule has 0 bridgehead atoms. The molecule has 2 atom stereocenters. The van der Waals surface area contributed by atoms with Gasteiger partial charge >= 0.3 is 12.1 Å². The molecule has 1 aliphatic carbocycles. The van der Waals surface area contributed by atoms with E-state index in [0.29, 0.717) is 18.4 Å². The van der Waals surface area contributed by atoms with E-state index >= 15 is 0 Å². The van der Waals surface area contributed by atoms with Gasteiger partial charge in [0.2, 0.25) is 0 Å². The van der Waals surface area contributed by atoms with Crippen molar-refractivity contribution < 1.29 is 28.2 Å². The Morgan fingerprint density at radius 2 is 1.38 bits per heavy atom. The van der Waals surface area contributed by atoms with Gasteiger partial charge in [-0.25, -0.2) is 14.0 Å². The maximum atomic E-state index is 13.5. The van der Waals surface area contributed by atoms with Crippen LogP contribution in [0.1, 0.15) is 52.7 Å². The summed E-state index contributed by atoms with van der Waals surface area (Å²) in [7, 11) is 1.23. The standard InChI is InChI=1S/C39H40FN3O5/c1-25(41-39(46)48-24-35-33-9-5-3-7-31(33)32-8-4-6-10-34(32)35)36(38(45)47-2)42-37(44)29-17-15-28(16-18-29)27-13-11-26(12-14-27)23-43-21-19-30(40)20-22-43/h3-18,25,30,35-36H,19-24H2,1-2H3,(H,41,46)(H,42,44)/t25-,36+/m1/s1. The highest BCUT2D eigenvalue weighted by atomic mass is 19.1. The first-order chi connectivity index (χ1) is 23.3. The molecule has 1 fully saturated rings. The Bertz CT molecular complexity index is 1710. The number of fused-ring (bicyclic) bond motifs is 3. The Morgan fingerprint density at radius 3 is 1.96 bits per heavy atom. The lowest BCUT2D eigenvalue weighted by atomic mass is 9.98. The van der Waals surface area contributed by atoms with Crippen LogP contribution in [0.4, 0.5) is 9.18 Å². The summed E-state index contributed by atoms with van der Waals surface area (Å²) in [5.41, 5.74) is 7.89. The summed E-state index contributed by atoms with van der Waals surface area (Å²) >= 11 is 0. The van der Waals surface area contributed by atoms with Crippen molar-refractivity contribution in [3.8, 4) is 22.3 Å². The van der Waals surface area contributed by atoms with E-state index in [2.05, 4.69) is 39.8 Å². The topological polar surface area (TPSA) is 97.0 Å². The number of hydrogen-bond donors (Lipinski definition) is 2. The molecule has 4 aromatic carbocycles. The van der Waals surface area contributed by atoms with Crippen LogP contribution in [0, 0.1) is 0 Å². The van der Waals surface area contributed by atoms with Crippen molar-refractivity contribution in [2.75, 3.05) is 26.8 Å². The number of nitrogens with one attached hydrogen (secondary N) is 2. The van der Waals surface area contributed by atoms with Crippen molar-refractivity contribution in [2.45, 2.75) is 50.5 Å². The van der Waals surface area contributed by atoms with Gasteiger partial charge in [-0.05, 0) is 70.8 Å². The Morgan fingerprint density at radius 1 is 0.812 bits per heavy atom. The molecular weight excluding hydrogens is 609 g/mol. The molecular formula is C39H40FN3O5. The van der Waals surface area contributed by atoms with E-state index in [-0.39, 0.29) is 12.5 Å². The van der Waals surface area contributed by atoms with Crippen molar-refractivity contribution in [1.29, 1.82) is 0 Å². The number of halogens is 1. The lowest BCUT2D eigenvalue weighted by Crippen LogP contribution is -2.54. The van der Waals surface area contributed by atoms with Crippen LogP contribution in [0.3, 0.4) is 0 Å². The molecule has 248 valence electrons. The quantitative estimate of drug-likeness (QED) is 0.191. The third-order valence-electron chi connectivity index (χ3n) is 9.29. The maximum absolute atomic E-state index is 13.5. The summed E-state index contributed by atoms with van der Waals surface area (Å²) in [6, 6.07) is 29.5. The van der Waals surface area contributed by atoms with Crippen LogP contribution < -0.4 is 10.6 Å². The lowest BCUT2D eigenvalue weighted by molar-refractivity contribution is -0.143. The molecule has 48 heavy (non-hydrogen) atoms. The van der Waals surface area contributed by atoms with Gasteiger partial charge in [-0.3, -0.25) is 9.69 Å². The van der Waals surface area contributed by atoms with Gasteiger partial charge in [0.25, 0.3) is 5.91 Å². The number of hydrogen-bond acceptors (Lipinski definition) is 6. The fourth-order valence-electron chi connectivity index (χ4n) is 6.58. The summed E-state index contributed by atoms with van der Waals surface area (Å²) in [6.45, 7) is 4.07. The third kappa shape index (κ3) is 7.42. The van der Waals surface area contributed by atoms with Gasteiger partial charge < -0.3 is 20.1 Å². The van der Waals surface area contributed by atoms with E-state index in [9.17, 15) is 18.8 Å². The largest absolute Gasteiger partial charge is 0.467 e. The fraction of sp³-hybridized carbons (Fsp3) is 0.308. The zero-order valence-corrected chi connectivity index (χ0v) is 27.2. The van der Waals surface area contributed by atoms with Crippen LogP contribution in [0.5, 0.6) is 0 Å². The number of alkyl halides is 1. The second kappa shape index (κ2) is 14.8. The van der Waals surface area contributed by atoms with E-state index in [0.717, 1.165) is 53.0 Å². The molecule has 0 radical (unpaired) electrons. The highest BCUT2D eigenvalue weighted by Crippen LogP contribution is 2.44. The molecule has 2 amide bonds. The van der Waals surface area contributed by atoms with Gasteiger partial charge in [0, 0.05) is 31.1 Å². The molecule has 1 heterocycles. The van der Waals surface area contributed by atoms with Crippen molar-refractivity contribution in [3.63, 3.8) is 0 Å². The Kier molecular flexibility index (Phi) is 10.2. The number of rotatable bonds is 10. The number of methoxy groups -OCH3 is 1. The molecule has 8 nitrogen and oxygen atoms in total. The Balaban J connectivity index is 1.04. The Labute approximate surface area is 280 Å². The maximum Gasteiger partial charge on any atom is 0.407 e. The molecule has 2 aliphatic rings. The number of piperidine rings is 1. The van der Waals surface area contributed by atoms with Crippen LogP contribution in [-0.2, 0) is 20.8 Å². The highest BCUT2D eigenvalue weighted by molar-refractivity contribution is 5.97. The van der Waals surface area contributed by atoms with Gasteiger partial charge in [-0.15, -0.1) is 0 Å². The summed E-state index contributed by atoms with van der Waals surface area (Å²) in [5.74, 6) is -1.28. The number of ether oxygens (including phenoxy) is 2. The predicted octanol–water partition coefficient (Wildman–Crippen LogP) is 6.49. The highest BCUT2D eigenvalue weighted by Gasteiger charge is 2.32. The second-order valence-corrected chi connectivity index (χ2v) is 12.5. The first-order valence-corrected chi connectivity index (χ1v) is 16.4. The average Bonchev–Trinajstić information content (AvgIpc) is 3.44. The number of alkyl carbamates (subject to hydrolysis) is 1. The fourth-order valence-corrected chi connectivity index (χ4v) is 6.58. The minimum atomic E-state index is -1.15. The van der Waals surface area contributed by atoms with E-state index in [4.69, 9.17) is 9.47 Å². The molecule has 0 saturated carbocycles. The van der Waals surface area contributed by atoms with Gasteiger partial charge in [0.15, 0.2) is 0 Å². The number of likely N-dealkylation sites (tertiary alicyclic amines) is 1. The SMILES string of the molecule is COC(=O)[C@@H](NC(=O)c1ccc(-c2ccc(CN3CCC(F)CC3)cc2)cc1)[C@@H](C)NC(=O)OCC1c2ccccc2-c2ccccc21. The van der Waals surface area contributed by atoms with Crippen LogP contribution in [0.15, 0.2) is 97.1 Å². The van der Waals surface area contributed by atoms with Gasteiger partial charge in [0.1, 0.15) is 18.8 Å². The summed E-state index contributed by atoms with van der Waals surface area (Å²) in [4.78, 5) is 41.1. The first-order valence-electron chi connectivity index (χ1n) is 16.4. The van der Waals surface area contributed by atoms with Crippen LogP contribution in [0.2, 0.25) is 0 Å². The molecule has 6 rings (SSSR count). The van der Waals surface area contributed by atoms with Crippen LogP contribution in [-0.4, -0.2) is 67.9 Å². The van der Waals surface area contributed by atoms with Crippen LogP contribution >= 0.6 is 0 Å². The molecule has 9 heteroatoms. The predicted molar refractivity (Wildman–Crippen MR) is 182 cm³/mol. The van der Waals surface area contributed by atoms with Gasteiger partial charge in [-0.1, -0.05) is 84.9 Å². The number of amides is 2. The van der Waals surface area contributed by atoms with Crippen LogP contribution in [0.25, 0.3) is 22.3 Å². The average molecular weight is 650 g/mol. The summed E-state index contributed by atoms with van der Waals surface area (Å²) in [5, 5.41) is 5.40. The lowest BCUT2D eigenvalue weighted by Gasteiger charge is -2.28. The molecule has 1 aliphatic heterocycles. The van der Waals surface area contributed by atoms with Crippen molar-refractivity contribution in [2.24, 2.45) is 0 Å². The summed E-state index contributed by atoms with van der Waals surface area (Å²) in [6.07, 6.45) is -0.208. The van der Waals surface area contributed by atoms with Gasteiger partial charge in [-0.2, -0.15) is 0 Å². The zero-order chi connectivity index (χ0) is 33.6. The molecule has 2 N–H and O–H groups in total. The zero-order valence-electron chi connectivity index (χ0n) is 27.2. The van der Waals surface area contributed by atoms with E-state index in [1.54, 1.807) is 19.1 Å². The molecule has 1 saturated heterocycles. The number of benzene rings is 4. The van der Waals surface area contributed by atoms with Crippen molar-refractivity contribution >= 4 is 18.0 Å².